The van der Waals surface area contributed by atoms with Crippen LogP contribution in [0, 0.1) is 11.8 Å². The highest BCUT2D eigenvalue weighted by molar-refractivity contribution is 9.10. The smallest absolute Gasteiger partial charge is 0.281 e. The van der Waals surface area contributed by atoms with Crippen molar-refractivity contribution < 1.29 is 13.2 Å². The van der Waals surface area contributed by atoms with E-state index in [0.29, 0.717) is 22.7 Å². The minimum atomic E-state index is -4.31. The summed E-state index contributed by atoms with van der Waals surface area (Å²) in [7, 11) is -4.31. The molecule has 11 heteroatoms. The number of sulfonamides is 1. The molecular formula is C34H45BrN6O3S. The molecule has 5 heterocycles. The molecule has 0 spiro atoms. The van der Waals surface area contributed by atoms with E-state index in [2.05, 4.69) is 104 Å². The molecule has 3 aromatic heterocycles. The van der Waals surface area contributed by atoms with E-state index in [9.17, 15) is 13.2 Å². The first-order valence-electron chi connectivity index (χ1n) is 15.5. The number of anilines is 2. The van der Waals surface area contributed by atoms with Crippen molar-refractivity contribution in [2.24, 2.45) is 11.8 Å². The van der Waals surface area contributed by atoms with E-state index < -0.39 is 15.9 Å². The van der Waals surface area contributed by atoms with E-state index in [1.807, 2.05) is 12.3 Å². The molecule has 2 N–H and O–H groups in total. The van der Waals surface area contributed by atoms with Crippen molar-refractivity contribution in [3.63, 3.8) is 0 Å². The van der Waals surface area contributed by atoms with Gasteiger partial charge in [0.1, 0.15) is 11.6 Å². The highest BCUT2D eigenvalue weighted by Crippen LogP contribution is 2.44. The molecule has 0 aliphatic carbocycles. The summed E-state index contributed by atoms with van der Waals surface area (Å²) in [4.78, 5) is 30.3. The molecule has 1 saturated heterocycles. The second-order valence-electron chi connectivity index (χ2n) is 15.3. The summed E-state index contributed by atoms with van der Waals surface area (Å²) in [6.45, 7) is 20.0. The molecule has 0 radical (unpaired) electrons. The fourth-order valence-corrected chi connectivity index (χ4v) is 8.25. The molecule has 1 fully saturated rings. The van der Waals surface area contributed by atoms with Crippen molar-refractivity contribution in [3.8, 4) is 0 Å². The van der Waals surface area contributed by atoms with Crippen LogP contribution in [0.25, 0.3) is 0 Å². The van der Waals surface area contributed by atoms with Gasteiger partial charge >= 0.3 is 0 Å². The number of pyridine rings is 3. The fraction of sp³-hybridized carbons (Fsp3) is 0.529. The molecule has 1 unspecified atom stereocenters. The normalized spacial score (nSPS) is 23.3. The lowest BCUT2D eigenvalue weighted by Crippen LogP contribution is -2.41. The molecule has 242 valence electrons. The van der Waals surface area contributed by atoms with Crippen molar-refractivity contribution >= 4 is 43.5 Å². The molecule has 9 nitrogen and oxygen atoms in total. The number of aromatic nitrogens is 3. The Balaban J connectivity index is 1.68. The first-order chi connectivity index (χ1) is 20.8. The van der Waals surface area contributed by atoms with Crippen molar-refractivity contribution in [1.29, 1.82) is 0 Å². The summed E-state index contributed by atoms with van der Waals surface area (Å²) in [5.74, 6) is 0.665. The minimum Gasteiger partial charge on any atom is -0.362 e. The fourth-order valence-electron chi connectivity index (χ4n) is 6.41. The Morgan fingerprint density at radius 3 is 2.40 bits per heavy atom. The van der Waals surface area contributed by atoms with Crippen LogP contribution >= 0.6 is 15.9 Å². The van der Waals surface area contributed by atoms with Crippen LogP contribution in [0.5, 0.6) is 0 Å². The Labute approximate surface area is 276 Å². The number of fused-ring (bicyclic) bond motifs is 6. The lowest BCUT2D eigenvalue weighted by molar-refractivity contribution is 0.0981. The average molecular weight is 698 g/mol. The first-order valence-corrected chi connectivity index (χ1v) is 17.8. The summed E-state index contributed by atoms with van der Waals surface area (Å²) < 4.78 is 30.1. The number of carbonyl (C=O) groups is 1. The van der Waals surface area contributed by atoms with Crippen molar-refractivity contribution in [3.05, 3.63) is 69.6 Å². The van der Waals surface area contributed by atoms with Gasteiger partial charge in [0.15, 0.2) is 5.03 Å². The van der Waals surface area contributed by atoms with Crippen molar-refractivity contribution in [2.75, 3.05) is 16.8 Å². The molecule has 0 saturated carbocycles. The van der Waals surface area contributed by atoms with Crippen LogP contribution in [0.2, 0.25) is 0 Å². The summed E-state index contributed by atoms with van der Waals surface area (Å²) in [6, 6.07) is 10.4. The SMILES string of the molecule is C[C@H]1CC(c2cc(C(C)(C)C)ccn2)Nc2cccc(n2)S(=O)(=O)NC(=O)c2cc(Br)c(C(C)(C)C)nc2N2C[C@@H]1CC2(C)C. The summed E-state index contributed by atoms with van der Waals surface area (Å²) >= 11 is 3.62. The maximum absolute atomic E-state index is 13.8. The molecular weight excluding hydrogens is 652 g/mol. The third-order valence-electron chi connectivity index (χ3n) is 9.04. The monoisotopic (exact) mass is 696 g/mol. The Morgan fingerprint density at radius 2 is 1.73 bits per heavy atom. The summed E-state index contributed by atoms with van der Waals surface area (Å²) in [6.07, 6.45) is 3.47. The highest BCUT2D eigenvalue weighted by atomic mass is 79.9. The van der Waals surface area contributed by atoms with Gasteiger partial charge in [0, 0.05) is 28.2 Å². The van der Waals surface area contributed by atoms with Crippen LogP contribution in [0.1, 0.15) is 109 Å². The van der Waals surface area contributed by atoms with Gasteiger partial charge in [-0.2, -0.15) is 8.42 Å². The molecule has 5 rings (SSSR count). The zero-order chi connectivity index (χ0) is 33.1. The quantitative estimate of drug-likeness (QED) is 0.276. The zero-order valence-corrected chi connectivity index (χ0v) is 30.1. The van der Waals surface area contributed by atoms with Gasteiger partial charge in [-0.15, -0.1) is 0 Å². The molecule has 3 aromatic rings. The van der Waals surface area contributed by atoms with Crippen LogP contribution in [0.3, 0.4) is 0 Å². The van der Waals surface area contributed by atoms with Gasteiger partial charge in [-0.1, -0.05) is 54.5 Å². The predicted molar refractivity (Wildman–Crippen MR) is 182 cm³/mol. The van der Waals surface area contributed by atoms with Gasteiger partial charge in [-0.25, -0.2) is 14.7 Å². The minimum absolute atomic E-state index is 0.0647. The number of hydrogen-bond acceptors (Lipinski definition) is 8. The second kappa shape index (κ2) is 11.6. The van der Waals surface area contributed by atoms with E-state index in [0.717, 1.165) is 24.2 Å². The number of hydrogen-bond donors (Lipinski definition) is 2. The number of amides is 1. The van der Waals surface area contributed by atoms with Gasteiger partial charge < -0.3 is 10.2 Å². The average Bonchev–Trinajstić information content (AvgIpc) is 3.26. The number of carbonyl (C=O) groups excluding carboxylic acids is 1. The van der Waals surface area contributed by atoms with E-state index in [1.54, 1.807) is 18.2 Å². The van der Waals surface area contributed by atoms with Crippen LogP contribution in [-0.4, -0.2) is 41.4 Å². The molecule has 45 heavy (non-hydrogen) atoms. The van der Waals surface area contributed by atoms with E-state index in [1.165, 1.54) is 11.6 Å². The Morgan fingerprint density at radius 1 is 1.02 bits per heavy atom. The van der Waals surface area contributed by atoms with E-state index in [4.69, 9.17) is 9.97 Å². The number of halogens is 1. The largest absolute Gasteiger partial charge is 0.362 e. The topological polar surface area (TPSA) is 117 Å². The van der Waals surface area contributed by atoms with E-state index >= 15 is 0 Å². The summed E-state index contributed by atoms with van der Waals surface area (Å²) in [5, 5.41) is 3.26. The summed E-state index contributed by atoms with van der Waals surface area (Å²) in [5.41, 5.74) is 2.32. The zero-order valence-electron chi connectivity index (χ0n) is 27.7. The Kier molecular flexibility index (Phi) is 8.61. The van der Waals surface area contributed by atoms with Crippen LogP contribution in [-0.2, 0) is 20.9 Å². The van der Waals surface area contributed by atoms with Crippen LogP contribution < -0.4 is 14.9 Å². The third kappa shape index (κ3) is 6.89. The van der Waals surface area contributed by atoms with Gasteiger partial charge in [0.05, 0.1) is 23.0 Å². The van der Waals surface area contributed by atoms with Crippen LogP contribution in [0.15, 0.2) is 52.1 Å². The molecule has 2 aliphatic rings. The maximum Gasteiger partial charge on any atom is 0.281 e. The predicted octanol–water partition coefficient (Wildman–Crippen LogP) is 7.15. The Hall–Kier alpha value is -3.05. The van der Waals surface area contributed by atoms with Gasteiger partial charge in [-0.05, 0) is 95.8 Å². The lowest BCUT2D eigenvalue weighted by atomic mass is 9.82. The first kappa shape index (κ1) is 33.3. The highest BCUT2D eigenvalue weighted by Gasteiger charge is 2.44. The maximum atomic E-state index is 13.8. The van der Waals surface area contributed by atoms with Gasteiger partial charge in [0.25, 0.3) is 15.9 Å². The molecule has 0 aromatic carbocycles. The van der Waals surface area contributed by atoms with Gasteiger partial charge in [0.2, 0.25) is 0 Å². The van der Waals surface area contributed by atoms with Crippen molar-refractivity contribution in [2.45, 2.75) is 103 Å². The number of rotatable bonds is 1. The van der Waals surface area contributed by atoms with Crippen molar-refractivity contribution in [1.82, 2.24) is 19.7 Å². The molecule has 4 bridgehead atoms. The number of nitrogens with zero attached hydrogens (tertiary/aromatic N) is 4. The third-order valence-corrected chi connectivity index (χ3v) is 10.9. The van der Waals surface area contributed by atoms with Crippen LogP contribution in [0.4, 0.5) is 11.6 Å². The Bertz CT molecular complexity index is 1730. The number of nitrogens with one attached hydrogen (secondary N) is 2. The molecule has 3 atom stereocenters. The standard InChI is InChI=1S/C34H45BrN6O3S/c1-20-15-26(25-16-22(13-14-36-25)32(2,3)4)37-27-11-10-12-28(38-27)45(43,44)40-31(42)23-17-24(35)29(33(5,6)7)39-30(23)41-19-21(20)18-34(41,8)9/h10-14,16-17,20-21,26H,15,18-19H2,1-9H3,(H,37,38)(H,40,42)/t20-,21-,26?/m0/s1. The van der Waals surface area contributed by atoms with E-state index in [-0.39, 0.29) is 44.8 Å². The lowest BCUT2D eigenvalue weighted by Gasteiger charge is -2.35. The van der Waals surface area contributed by atoms with Gasteiger partial charge in [-0.3, -0.25) is 9.78 Å². The second-order valence-corrected chi connectivity index (χ2v) is 17.7. The molecule has 1 amide bonds. The molecule has 2 aliphatic heterocycles.